The minimum Gasteiger partial charge on any atom is -0.507 e. The predicted molar refractivity (Wildman–Crippen MR) is 90.0 cm³/mol. The largest absolute Gasteiger partial charge is 0.507 e. The second kappa shape index (κ2) is 6.37. The summed E-state index contributed by atoms with van der Waals surface area (Å²) >= 11 is 5.80. The summed E-state index contributed by atoms with van der Waals surface area (Å²) in [6.07, 6.45) is 0. The van der Waals surface area contributed by atoms with Crippen molar-refractivity contribution in [3.05, 3.63) is 80.4 Å². The lowest BCUT2D eigenvalue weighted by molar-refractivity contribution is -0.385. The fourth-order valence-corrected chi connectivity index (χ4v) is 2.79. The normalized spacial score (nSPS) is 18.8. The number of benzene rings is 2. The second-order valence-corrected chi connectivity index (χ2v) is 5.76. The quantitative estimate of drug-likeness (QED) is 0.288. The second-order valence-electron chi connectivity index (χ2n) is 5.32. The number of carbonyl (C=O) groups excluding carboxylic acids is 2. The van der Waals surface area contributed by atoms with E-state index in [1.165, 1.54) is 42.5 Å². The number of halogens is 1. The van der Waals surface area contributed by atoms with Gasteiger partial charge in [-0.1, -0.05) is 23.7 Å². The molecule has 0 aliphatic carbocycles. The molecule has 0 saturated carbocycles. The third kappa shape index (κ3) is 2.97. The smallest absolute Gasteiger partial charge is 0.293 e. The summed E-state index contributed by atoms with van der Waals surface area (Å²) in [6.45, 7) is 0. The number of hydrogen-bond acceptors (Lipinski definition) is 5. The Morgan fingerprint density at radius 1 is 1.12 bits per heavy atom. The summed E-state index contributed by atoms with van der Waals surface area (Å²) in [6, 6.07) is 10.6. The average molecular weight is 359 g/mol. The fourth-order valence-electron chi connectivity index (χ4n) is 2.66. The van der Waals surface area contributed by atoms with E-state index in [1.807, 2.05) is 0 Å². The Bertz CT molecular complexity index is 921. The monoisotopic (exact) mass is 358 g/mol. The van der Waals surface area contributed by atoms with Crippen LogP contribution in [-0.4, -0.2) is 21.7 Å². The molecule has 2 N–H and O–H groups in total. The first-order valence-corrected chi connectivity index (χ1v) is 7.55. The number of nitro groups is 1. The third-order valence-corrected chi connectivity index (χ3v) is 4.08. The number of nitrogens with zero attached hydrogens (tertiary/aromatic N) is 1. The molecule has 7 nitrogen and oxygen atoms in total. The van der Waals surface area contributed by atoms with Gasteiger partial charge in [-0.05, 0) is 30.3 Å². The lowest BCUT2D eigenvalue weighted by atomic mass is 9.95. The zero-order chi connectivity index (χ0) is 18.1. The first-order chi connectivity index (χ1) is 11.9. The molecule has 1 aliphatic heterocycles. The molecule has 1 aliphatic rings. The number of amides is 1. The van der Waals surface area contributed by atoms with Crippen LogP contribution in [0.4, 0.5) is 5.69 Å². The van der Waals surface area contributed by atoms with Gasteiger partial charge in [0.1, 0.15) is 5.76 Å². The maximum Gasteiger partial charge on any atom is 0.293 e. The molecule has 0 radical (unpaired) electrons. The Hall–Kier alpha value is -3.19. The van der Waals surface area contributed by atoms with Crippen LogP contribution in [0.25, 0.3) is 5.76 Å². The number of nitrogens with one attached hydrogen (secondary N) is 1. The summed E-state index contributed by atoms with van der Waals surface area (Å²) < 4.78 is 0. The molecule has 3 rings (SSSR count). The molecule has 1 atom stereocenters. The van der Waals surface area contributed by atoms with Crippen molar-refractivity contribution in [2.75, 3.05) is 0 Å². The van der Waals surface area contributed by atoms with Crippen molar-refractivity contribution in [3.63, 3.8) is 0 Å². The van der Waals surface area contributed by atoms with Gasteiger partial charge in [-0.15, -0.1) is 0 Å². The zero-order valence-corrected chi connectivity index (χ0v) is 13.4. The van der Waals surface area contributed by atoms with Gasteiger partial charge in [0.25, 0.3) is 17.4 Å². The van der Waals surface area contributed by atoms with Gasteiger partial charge in [-0.2, -0.15) is 0 Å². The first kappa shape index (κ1) is 16.7. The van der Waals surface area contributed by atoms with Gasteiger partial charge in [-0.25, -0.2) is 0 Å². The van der Waals surface area contributed by atoms with Gasteiger partial charge < -0.3 is 10.4 Å². The van der Waals surface area contributed by atoms with Gasteiger partial charge in [0, 0.05) is 16.7 Å². The lowest BCUT2D eigenvalue weighted by Crippen LogP contribution is -2.21. The molecule has 2 aromatic carbocycles. The molecular weight excluding hydrogens is 348 g/mol. The van der Waals surface area contributed by atoms with Gasteiger partial charge in [0.2, 0.25) is 0 Å². The van der Waals surface area contributed by atoms with E-state index in [9.17, 15) is 24.8 Å². The van der Waals surface area contributed by atoms with E-state index >= 15 is 0 Å². The fraction of sp³-hybridized carbons (Fsp3) is 0.0588. The zero-order valence-electron chi connectivity index (χ0n) is 12.6. The topological polar surface area (TPSA) is 110 Å². The number of hydrogen-bond donors (Lipinski definition) is 2. The lowest BCUT2D eigenvalue weighted by Gasteiger charge is -2.13. The van der Waals surface area contributed by atoms with Crippen molar-refractivity contribution in [2.45, 2.75) is 6.04 Å². The van der Waals surface area contributed by atoms with Gasteiger partial charge >= 0.3 is 0 Å². The Morgan fingerprint density at radius 2 is 1.76 bits per heavy atom. The Labute approximate surface area is 146 Å². The average Bonchev–Trinajstić information content (AvgIpc) is 2.90. The predicted octanol–water partition coefficient (Wildman–Crippen LogP) is 2.96. The van der Waals surface area contributed by atoms with Crippen LogP contribution in [0.3, 0.4) is 0 Å². The van der Waals surface area contributed by atoms with Crippen LogP contribution < -0.4 is 5.32 Å². The number of rotatable bonds is 3. The minimum atomic E-state index is -1.11. The van der Waals surface area contributed by atoms with E-state index in [2.05, 4.69) is 5.32 Å². The molecule has 126 valence electrons. The molecule has 0 spiro atoms. The van der Waals surface area contributed by atoms with Gasteiger partial charge in [0.05, 0.1) is 22.1 Å². The Balaban J connectivity index is 2.18. The van der Waals surface area contributed by atoms with Gasteiger partial charge in [0.15, 0.2) is 0 Å². The molecule has 0 aromatic heterocycles. The van der Waals surface area contributed by atoms with E-state index in [0.29, 0.717) is 5.02 Å². The number of aliphatic hydroxyl groups excluding tert-OH is 1. The van der Waals surface area contributed by atoms with Crippen molar-refractivity contribution in [3.8, 4) is 0 Å². The Kier molecular flexibility index (Phi) is 4.24. The van der Waals surface area contributed by atoms with Crippen molar-refractivity contribution in [1.82, 2.24) is 5.32 Å². The highest BCUT2D eigenvalue weighted by Crippen LogP contribution is 2.36. The van der Waals surface area contributed by atoms with E-state index in [1.54, 1.807) is 6.07 Å². The van der Waals surface area contributed by atoms with E-state index < -0.39 is 28.4 Å². The molecule has 25 heavy (non-hydrogen) atoms. The van der Waals surface area contributed by atoms with Crippen molar-refractivity contribution in [1.29, 1.82) is 0 Å². The van der Waals surface area contributed by atoms with Crippen LogP contribution in [0, 0.1) is 10.1 Å². The van der Waals surface area contributed by atoms with Crippen LogP contribution in [0.15, 0.2) is 54.1 Å². The number of nitro benzene ring substituents is 1. The number of para-hydroxylation sites is 1. The first-order valence-electron chi connectivity index (χ1n) is 7.17. The van der Waals surface area contributed by atoms with E-state index in [4.69, 9.17) is 11.6 Å². The van der Waals surface area contributed by atoms with Gasteiger partial charge in [-0.3, -0.25) is 19.7 Å². The summed E-state index contributed by atoms with van der Waals surface area (Å²) in [5.74, 6) is -2.29. The molecular formula is C17H11ClN2O5. The van der Waals surface area contributed by atoms with E-state index in [-0.39, 0.29) is 22.4 Å². The number of ketones is 1. The van der Waals surface area contributed by atoms with Crippen LogP contribution in [0.5, 0.6) is 0 Å². The maximum absolute atomic E-state index is 12.2. The van der Waals surface area contributed by atoms with Crippen molar-refractivity contribution >= 4 is 34.7 Å². The summed E-state index contributed by atoms with van der Waals surface area (Å²) in [7, 11) is 0. The third-order valence-electron chi connectivity index (χ3n) is 3.83. The number of Topliss-reactive ketones (excluding diaryl/α,β-unsaturated/α-hetero) is 1. The number of carbonyl (C=O) groups is 2. The molecule has 0 bridgehead atoms. The summed E-state index contributed by atoms with van der Waals surface area (Å²) in [5.41, 5.74) is -0.111. The molecule has 0 unspecified atom stereocenters. The molecule has 1 heterocycles. The number of aliphatic hydroxyl groups is 1. The van der Waals surface area contributed by atoms with Crippen LogP contribution >= 0.6 is 11.6 Å². The molecule has 1 saturated heterocycles. The molecule has 8 heteroatoms. The molecule has 1 fully saturated rings. The summed E-state index contributed by atoms with van der Waals surface area (Å²) in [4.78, 5) is 34.7. The van der Waals surface area contributed by atoms with Crippen molar-refractivity contribution < 1.29 is 19.6 Å². The molecule has 1 amide bonds. The van der Waals surface area contributed by atoms with Crippen molar-refractivity contribution in [2.24, 2.45) is 0 Å². The van der Waals surface area contributed by atoms with Crippen LogP contribution in [-0.2, 0) is 9.59 Å². The van der Waals surface area contributed by atoms with E-state index in [0.717, 1.165) is 0 Å². The highest BCUT2D eigenvalue weighted by atomic mass is 35.5. The van der Waals surface area contributed by atoms with Crippen LogP contribution in [0.2, 0.25) is 5.02 Å². The standard InChI is InChI=1S/C17H11ClN2O5/c18-10-7-5-9(6-8-10)15(21)13-14(19-17(23)16(13)22)11-3-1-2-4-12(11)20(24)25/h1-8,14,21H,(H,19,23)/t14-/m1/s1. The molecule has 2 aromatic rings. The minimum absolute atomic E-state index is 0.113. The highest BCUT2D eigenvalue weighted by Gasteiger charge is 2.42. The van der Waals surface area contributed by atoms with Crippen LogP contribution in [0.1, 0.15) is 17.2 Å². The summed E-state index contributed by atoms with van der Waals surface area (Å²) in [5, 5.41) is 24.6. The maximum atomic E-state index is 12.2. The SMILES string of the molecule is O=C1N[C@H](c2ccccc2[N+](=O)[O-])C(=C(O)c2ccc(Cl)cc2)C1=O. The highest BCUT2D eigenvalue weighted by molar-refractivity contribution is 6.46. The Morgan fingerprint density at radius 3 is 2.40 bits per heavy atom.